The summed E-state index contributed by atoms with van der Waals surface area (Å²) in [5.74, 6) is 0.0860. The maximum absolute atomic E-state index is 12.3. The van der Waals surface area contributed by atoms with Gasteiger partial charge in [-0.1, -0.05) is 6.07 Å². The number of pyridine rings is 1. The molecular formula is C13H19N3O2. The zero-order valence-corrected chi connectivity index (χ0v) is 10.6. The van der Waals surface area contributed by atoms with Crippen molar-refractivity contribution in [1.82, 2.24) is 15.2 Å². The molecule has 5 heteroatoms. The van der Waals surface area contributed by atoms with E-state index in [-0.39, 0.29) is 11.9 Å². The number of amides is 1. The van der Waals surface area contributed by atoms with Crippen molar-refractivity contribution in [3.63, 3.8) is 0 Å². The van der Waals surface area contributed by atoms with E-state index >= 15 is 0 Å². The van der Waals surface area contributed by atoms with Gasteiger partial charge in [-0.15, -0.1) is 0 Å². The SMILES string of the molecule is CCN(Cc1ccccn1)C(=O)[C@H]1COCCN1. The van der Waals surface area contributed by atoms with Crippen LogP contribution in [0, 0.1) is 0 Å². The number of morpholine rings is 1. The van der Waals surface area contributed by atoms with Gasteiger partial charge in [0, 0.05) is 19.3 Å². The summed E-state index contributed by atoms with van der Waals surface area (Å²) in [5.41, 5.74) is 0.907. The second-order valence-corrected chi connectivity index (χ2v) is 4.26. The molecule has 1 saturated heterocycles. The molecule has 98 valence electrons. The minimum atomic E-state index is -0.220. The molecule has 1 fully saturated rings. The van der Waals surface area contributed by atoms with Gasteiger partial charge in [0.25, 0.3) is 0 Å². The molecule has 1 atom stereocenters. The number of ether oxygens (including phenoxy) is 1. The van der Waals surface area contributed by atoms with Gasteiger partial charge in [0.1, 0.15) is 6.04 Å². The largest absolute Gasteiger partial charge is 0.378 e. The van der Waals surface area contributed by atoms with E-state index in [0.717, 1.165) is 12.2 Å². The van der Waals surface area contributed by atoms with Crippen LogP contribution < -0.4 is 5.32 Å². The van der Waals surface area contributed by atoms with Gasteiger partial charge in [0.15, 0.2) is 0 Å². The Morgan fingerprint density at radius 3 is 3.11 bits per heavy atom. The molecule has 0 aliphatic carbocycles. The van der Waals surface area contributed by atoms with Gasteiger partial charge in [-0.05, 0) is 19.1 Å². The topological polar surface area (TPSA) is 54.5 Å². The smallest absolute Gasteiger partial charge is 0.242 e. The molecule has 5 nitrogen and oxygen atoms in total. The lowest BCUT2D eigenvalue weighted by Crippen LogP contribution is -2.52. The van der Waals surface area contributed by atoms with Crippen LogP contribution in [0.15, 0.2) is 24.4 Å². The van der Waals surface area contributed by atoms with E-state index in [1.165, 1.54) is 0 Å². The van der Waals surface area contributed by atoms with E-state index in [2.05, 4.69) is 10.3 Å². The summed E-state index contributed by atoms with van der Waals surface area (Å²) in [5, 5.41) is 3.18. The Balaban J connectivity index is 1.97. The van der Waals surface area contributed by atoms with E-state index in [1.807, 2.05) is 25.1 Å². The molecule has 0 aromatic carbocycles. The maximum atomic E-state index is 12.3. The molecule has 0 saturated carbocycles. The second kappa shape index (κ2) is 6.47. The number of nitrogens with zero attached hydrogens (tertiary/aromatic N) is 2. The number of rotatable bonds is 4. The Kier molecular flexibility index (Phi) is 4.66. The van der Waals surface area contributed by atoms with Gasteiger partial charge in [0.05, 0.1) is 25.5 Å². The monoisotopic (exact) mass is 249 g/mol. The van der Waals surface area contributed by atoms with Gasteiger partial charge in [-0.3, -0.25) is 9.78 Å². The molecule has 18 heavy (non-hydrogen) atoms. The third-order valence-corrected chi connectivity index (χ3v) is 2.99. The van der Waals surface area contributed by atoms with Crippen LogP contribution in [0.1, 0.15) is 12.6 Å². The molecule has 1 aromatic rings. The number of carbonyl (C=O) groups excluding carboxylic acids is 1. The third-order valence-electron chi connectivity index (χ3n) is 2.99. The summed E-state index contributed by atoms with van der Waals surface area (Å²) < 4.78 is 5.32. The molecule has 0 spiro atoms. The lowest BCUT2D eigenvalue weighted by atomic mass is 10.2. The number of carbonyl (C=O) groups is 1. The van der Waals surface area contributed by atoms with Crippen LogP contribution in [0.25, 0.3) is 0 Å². The van der Waals surface area contributed by atoms with Crippen molar-refractivity contribution in [3.05, 3.63) is 30.1 Å². The summed E-state index contributed by atoms with van der Waals surface area (Å²) in [7, 11) is 0. The van der Waals surface area contributed by atoms with Crippen LogP contribution in [0.3, 0.4) is 0 Å². The van der Waals surface area contributed by atoms with E-state index in [4.69, 9.17) is 4.74 Å². The van der Waals surface area contributed by atoms with Crippen LogP contribution in [0.4, 0.5) is 0 Å². The first-order chi connectivity index (χ1) is 8.81. The predicted octanol–water partition coefficient (Wildman–Crippen LogP) is 0.418. The fraction of sp³-hybridized carbons (Fsp3) is 0.538. The predicted molar refractivity (Wildman–Crippen MR) is 67.9 cm³/mol. The molecule has 1 amide bonds. The molecule has 0 bridgehead atoms. The lowest BCUT2D eigenvalue weighted by Gasteiger charge is -2.29. The first-order valence-corrected chi connectivity index (χ1v) is 6.31. The van der Waals surface area contributed by atoms with Crippen molar-refractivity contribution >= 4 is 5.91 Å². The van der Waals surface area contributed by atoms with Crippen molar-refractivity contribution in [2.45, 2.75) is 19.5 Å². The summed E-state index contributed by atoms with van der Waals surface area (Å²) in [6.07, 6.45) is 1.75. The quantitative estimate of drug-likeness (QED) is 0.840. The van der Waals surface area contributed by atoms with Gasteiger partial charge >= 0.3 is 0 Å². The fourth-order valence-corrected chi connectivity index (χ4v) is 1.98. The first kappa shape index (κ1) is 13.0. The van der Waals surface area contributed by atoms with E-state index in [9.17, 15) is 4.79 Å². The van der Waals surface area contributed by atoms with Crippen molar-refractivity contribution in [2.24, 2.45) is 0 Å². The molecule has 1 N–H and O–H groups in total. The maximum Gasteiger partial charge on any atom is 0.242 e. The molecule has 2 heterocycles. The number of nitrogens with one attached hydrogen (secondary N) is 1. The number of hydrogen-bond acceptors (Lipinski definition) is 4. The fourth-order valence-electron chi connectivity index (χ4n) is 1.98. The highest BCUT2D eigenvalue weighted by Crippen LogP contribution is 2.05. The Bertz CT molecular complexity index is 377. The Morgan fingerprint density at radius 1 is 1.61 bits per heavy atom. The summed E-state index contributed by atoms with van der Waals surface area (Å²) in [6, 6.07) is 5.52. The van der Waals surface area contributed by atoms with Crippen LogP contribution >= 0.6 is 0 Å². The lowest BCUT2D eigenvalue weighted by molar-refractivity contribution is -0.136. The minimum Gasteiger partial charge on any atom is -0.378 e. The van der Waals surface area contributed by atoms with E-state index < -0.39 is 0 Å². The van der Waals surface area contributed by atoms with Crippen molar-refractivity contribution < 1.29 is 9.53 Å². The number of hydrogen-bond donors (Lipinski definition) is 1. The van der Waals surface area contributed by atoms with E-state index in [1.54, 1.807) is 11.1 Å². The average molecular weight is 249 g/mol. The highest BCUT2D eigenvalue weighted by Gasteiger charge is 2.25. The minimum absolute atomic E-state index is 0.0860. The number of aromatic nitrogens is 1. The van der Waals surface area contributed by atoms with Crippen LogP contribution in [0.5, 0.6) is 0 Å². The molecule has 2 rings (SSSR count). The molecule has 1 aliphatic rings. The van der Waals surface area contributed by atoms with E-state index in [0.29, 0.717) is 26.3 Å². The van der Waals surface area contributed by atoms with Crippen molar-refractivity contribution in [1.29, 1.82) is 0 Å². The van der Waals surface area contributed by atoms with Gasteiger partial charge in [0.2, 0.25) is 5.91 Å². The zero-order valence-electron chi connectivity index (χ0n) is 10.6. The third kappa shape index (κ3) is 3.27. The first-order valence-electron chi connectivity index (χ1n) is 6.31. The standard InChI is InChI=1S/C13H19N3O2/c1-2-16(9-11-5-3-4-6-14-11)13(17)12-10-18-8-7-15-12/h3-6,12,15H,2,7-10H2,1H3/t12-/m1/s1. The Hall–Kier alpha value is -1.46. The van der Waals surface area contributed by atoms with Gasteiger partial charge in [-0.2, -0.15) is 0 Å². The zero-order chi connectivity index (χ0) is 12.8. The summed E-state index contributed by atoms with van der Waals surface area (Å²) in [6.45, 7) is 5.07. The molecular weight excluding hydrogens is 230 g/mol. The number of likely N-dealkylation sites (N-methyl/N-ethyl adjacent to an activating group) is 1. The Labute approximate surface area is 107 Å². The Morgan fingerprint density at radius 2 is 2.50 bits per heavy atom. The van der Waals surface area contributed by atoms with Crippen LogP contribution in [-0.2, 0) is 16.1 Å². The average Bonchev–Trinajstić information content (AvgIpc) is 2.46. The highest BCUT2D eigenvalue weighted by atomic mass is 16.5. The van der Waals surface area contributed by atoms with Gasteiger partial charge < -0.3 is 15.0 Å². The highest BCUT2D eigenvalue weighted by molar-refractivity contribution is 5.82. The molecule has 1 aromatic heterocycles. The van der Waals surface area contributed by atoms with Gasteiger partial charge in [-0.25, -0.2) is 0 Å². The molecule has 1 aliphatic heterocycles. The molecule has 0 unspecified atom stereocenters. The molecule has 0 radical (unpaired) electrons. The summed E-state index contributed by atoms with van der Waals surface area (Å²) in [4.78, 5) is 18.3. The second-order valence-electron chi connectivity index (χ2n) is 4.26. The van der Waals surface area contributed by atoms with Crippen molar-refractivity contribution in [3.8, 4) is 0 Å². The van der Waals surface area contributed by atoms with Crippen molar-refractivity contribution in [2.75, 3.05) is 26.3 Å². The summed E-state index contributed by atoms with van der Waals surface area (Å²) >= 11 is 0. The van der Waals surface area contributed by atoms with Crippen LogP contribution in [0.2, 0.25) is 0 Å². The normalized spacial score (nSPS) is 19.5. The van der Waals surface area contributed by atoms with Crippen LogP contribution in [-0.4, -0.2) is 48.1 Å².